The monoisotopic (exact) mass is 380 g/mol. The molecular weight excluding hydrogens is 354 g/mol. The number of hydrogen-bond donors (Lipinski definition) is 2. The topological polar surface area (TPSA) is 61.6 Å². The summed E-state index contributed by atoms with van der Waals surface area (Å²) in [6.07, 6.45) is 0. The van der Waals surface area contributed by atoms with Crippen LogP contribution in [-0.4, -0.2) is 55.6 Å². The van der Waals surface area contributed by atoms with Crippen LogP contribution in [0.4, 0.5) is 10.1 Å². The Labute approximate surface area is 155 Å². The molecule has 0 aliphatic carbocycles. The summed E-state index contributed by atoms with van der Waals surface area (Å²) in [6.45, 7) is 7.54. The molecule has 1 aromatic carbocycles. The van der Waals surface area contributed by atoms with Crippen molar-refractivity contribution in [2.45, 2.75) is 25.9 Å². The second-order valence-corrected chi connectivity index (χ2v) is 5.82. The molecule has 1 aromatic rings. The van der Waals surface area contributed by atoms with Crippen LogP contribution in [0.5, 0.6) is 0 Å². The largest absolute Gasteiger partial charge is 0.369 e. The summed E-state index contributed by atoms with van der Waals surface area (Å²) in [5.74, 6) is -0.199. The molecule has 5 nitrogen and oxygen atoms in total. The molecule has 1 unspecified atom stereocenters. The summed E-state index contributed by atoms with van der Waals surface area (Å²) in [5.41, 5.74) is 6.55. The predicted molar refractivity (Wildman–Crippen MR) is 101 cm³/mol. The molecule has 0 spiro atoms. The highest BCUT2D eigenvalue weighted by Gasteiger charge is 2.26. The zero-order chi connectivity index (χ0) is 16.1. The summed E-state index contributed by atoms with van der Waals surface area (Å²) in [6, 6.07) is 6.38. The number of piperazine rings is 1. The molecular formula is C16H27Cl2FN4O. The Balaban J connectivity index is 0.00000264. The number of nitrogens with zero attached hydrogens (tertiary/aromatic N) is 2. The van der Waals surface area contributed by atoms with Crippen LogP contribution < -0.4 is 16.0 Å². The van der Waals surface area contributed by atoms with Crippen molar-refractivity contribution in [2.75, 3.05) is 37.6 Å². The highest BCUT2D eigenvalue weighted by Crippen LogP contribution is 2.17. The van der Waals surface area contributed by atoms with Gasteiger partial charge in [-0.15, -0.1) is 24.8 Å². The Kier molecular flexibility index (Phi) is 10.2. The van der Waals surface area contributed by atoms with E-state index in [0.29, 0.717) is 6.54 Å². The van der Waals surface area contributed by atoms with Gasteiger partial charge in [0.05, 0.1) is 6.04 Å². The van der Waals surface area contributed by atoms with Crippen LogP contribution in [0.15, 0.2) is 24.3 Å². The molecule has 1 fully saturated rings. The normalized spacial score (nSPS) is 17.2. The third-order valence-corrected chi connectivity index (χ3v) is 4.18. The van der Waals surface area contributed by atoms with Crippen molar-refractivity contribution in [3.63, 3.8) is 0 Å². The standard InChI is InChI=1S/C16H25FN4O.2ClH/c1-12(11-18)19-16(22)13(2)20-7-9-21(10-8-20)15-5-3-14(17)4-6-15;;/h3-6,12-13H,7-11,18H2,1-2H3,(H,19,22);2*1H/t12-,13?;;/m0../s1. The molecule has 0 saturated carbocycles. The second kappa shape index (κ2) is 10.7. The van der Waals surface area contributed by atoms with Gasteiger partial charge in [0.15, 0.2) is 0 Å². The first-order valence-corrected chi connectivity index (χ1v) is 7.76. The second-order valence-electron chi connectivity index (χ2n) is 5.82. The Morgan fingerprint density at radius 2 is 1.71 bits per heavy atom. The molecule has 8 heteroatoms. The van der Waals surface area contributed by atoms with Crippen LogP contribution >= 0.6 is 24.8 Å². The van der Waals surface area contributed by atoms with Gasteiger partial charge in [0.2, 0.25) is 5.91 Å². The van der Waals surface area contributed by atoms with Crippen LogP contribution in [0, 0.1) is 5.82 Å². The molecule has 1 aliphatic heterocycles. The minimum absolute atomic E-state index is 0. The third-order valence-electron chi connectivity index (χ3n) is 4.18. The lowest BCUT2D eigenvalue weighted by atomic mass is 10.2. The summed E-state index contributed by atoms with van der Waals surface area (Å²) in [4.78, 5) is 16.5. The van der Waals surface area contributed by atoms with Crippen LogP contribution in [0.2, 0.25) is 0 Å². The summed E-state index contributed by atoms with van der Waals surface area (Å²) in [7, 11) is 0. The summed E-state index contributed by atoms with van der Waals surface area (Å²) < 4.78 is 13.0. The van der Waals surface area contributed by atoms with E-state index in [-0.39, 0.29) is 48.6 Å². The van der Waals surface area contributed by atoms with E-state index in [2.05, 4.69) is 15.1 Å². The van der Waals surface area contributed by atoms with E-state index in [1.807, 2.05) is 13.8 Å². The Hall–Kier alpha value is -1.08. The predicted octanol–water partition coefficient (Wildman–Crippen LogP) is 1.64. The lowest BCUT2D eigenvalue weighted by Crippen LogP contribution is -2.55. The van der Waals surface area contributed by atoms with Crippen LogP contribution in [0.3, 0.4) is 0 Å². The molecule has 2 atom stereocenters. The average molecular weight is 381 g/mol. The fraction of sp³-hybridized carbons (Fsp3) is 0.562. The highest BCUT2D eigenvalue weighted by molar-refractivity contribution is 5.85. The first-order valence-electron chi connectivity index (χ1n) is 7.76. The maximum absolute atomic E-state index is 13.0. The third kappa shape index (κ3) is 6.09. The highest BCUT2D eigenvalue weighted by atomic mass is 35.5. The Bertz CT molecular complexity index is 495. The number of anilines is 1. The maximum atomic E-state index is 13.0. The molecule has 0 radical (unpaired) electrons. The molecule has 1 saturated heterocycles. The first-order chi connectivity index (χ1) is 10.5. The van der Waals surface area contributed by atoms with E-state index in [4.69, 9.17) is 5.73 Å². The molecule has 1 amide bonds. The van der Waals surface area contributed by atoms with E-state index in [0.717, 1.165) is 31.9 Å². The SMILES string of the molecule is CC(C(=O)N[C@@H](C)CN)N1CCN(c2ccc(F)cc2)CC1.Cl.Cl. The van der Waals surface area contributed by atoms with Gasteiger partial charge in [-0.05, 0) is 38.1 Å². The molecule has 24 heavy (non-hydrogen) atoms. The fourth-order valence-electron chi connectivity index (χ4n) is 2.61. The molecule has 0 bridgehead atoms. The number of rotatable bonds is 5. The number of nitrogens with two attached hydrogens (primary N) is 1. The number of hydrogen-bond acceptors (Lipinski definition) is 4. The Morgan fingerprint density at radius 3 is 2.21 bits per heavy atom. The van der Waals surface area contributed by atoms with E-state index in [1.165, 1.54) is 12.1 Å². The van der Waals surface area contributed by atoms with Gasteiger partial charge in [-0.1, -0.05) is 0 Å². The Morgan fingerprint density at radius 1 is 1.17 bits per heavy atom. The van der Waals surface area contributed by atoms with Crippen molar-refractivity contribution in [3.8, 4) is 0 Å². The molecule has 138 valence electrons. The van der Waals surface area contributed by atoms with E-state index in [1.54, 1.807) is 12.1 Å². The zero-order valence-electron chi connectivity index (χ0n) is 14.1. The molecule has 1 aliphatic rings. The minimum atomic E-state index is -0.221. The van der Waals surface area contributed by atoms with E-state index in [9.17, 15) is 9.18 Å². The maximum Gasteiger partial charge on any atom is 0.237 e. The molecule has 0 aromatic heterocycles. The van der Waals surface area contributed by atoms with Gasteiger partial charge < -0.3 is 16.0 Å². The van der Waals surface area contributed by atoms with Crippen LogP contribution in [-0.2, 0) is 4.79 Å². The lowest BCUT2D eigenvalue weighted by molar-refractivity contribution is -0.126. The van der Waals surface area contributed by atoms with Crippen molar-refractivity contribution in [2.24, 2.45) is 5.73 Å². The minimum Gasteiger partial charge on any atom is -0.369 e. The number of amides is 1. The average Bonchev–Trinajstić information content (AvgIpc) is 2.55. The summed E-state index contributed by atoms with van der Waals surface area (Å²) in [5, 5.41) is 2.91. The number of halogens is 3. The van der Waals surface area contributed by atoms with Crippen molar-refractivity contribution in [1.82, 2.24) is 10.2 Å². The van der Waals surface area contributed by atoms with E-state index < -0.39 is 0 Å². The van der Waals surface area contributed by atoms with Gasteiger partial charge in [0.1, 0.15) is 5.82 Å². The van der Waals surface area contributed by atoms with Crippen molar-refractivity contribution < 1.29 is 9.18 Å². The van der Waals surface area contributed by atoms with Gasteiger partial charge in [-0.25, -0.2) is 4.39 Å². The lowest BCUT2D eigenvalue weighted by Gasteiger charge is -2.38. The van der Waals surface area contributed by atoms with Gasteiger partial charge in [-0.2, -0.15) is 0 Å². The fourth-order valence-corrected chi connectivity index (χ4v) is 2.61. The molecule has 1 heterocycles. The van der Waals surface area contributed by atoms with Crippen molar-refractivity contribution >= 4 is 36.4 Å². The first kappa shape index (κ1) is 22.9. The number of carbonyl (C=O) groups is 1. The molecule has 3 N–H and O–H groups in total. The molecule has 2 rings (SSSR count). The van der Waals surface area contributed by atoms with Gasteiger partial charge in [0, 0.05) is 44.5 Å². The van der Waals surface area contributed by atoms with Crippen molar-refractivity contribution in [3.05, 3.63) is 30.1 Å². The van der Waals surface area contributed by atoms with Crippen LogP contribution in [0.1, 0.15) is 13.8 Å². The van der Waals surface area contributed by atoms with Gasteiger partial charge >= 0.3 is 0 Å². The number of benzene rings is 1. The van der Waals surface area contributed by atoms with Crippen molar-refractivity contribution in [1.29, 1.82) is 0 Å². The summed E-state index contributed by atoms with van der Waals surface area (Å²) >= 11 is 0. The zero-order valence-corrected chi connectivity index (χ0v) is 15.7. The van der Waals surface area contributed by atoms with Gasteiger partial charge in [0.25, 0.3) is 0 Å². The van der Waals surface area contributed by atoms with Gasteiger partial charge in [-0.3, -0.25) is 9.69 Å². The smallest absolute Gasteiger partial charge is 0.237 e. The van der Waals surface area contributed by atoms with Crippen LogP contribution in [0.25, 0.3) is 0 Å². The quantitative estimate of drug-likeness (QED) is 0.814. The number of carbonyl (C=O) groups excluding carboxylic acids is 1. The van der Waals surface area contributed by atoms with E-state index >= 15 is 0 Å². The number of nitrogens with one attached hydrogen (secondary N) is 1.